The second kappa shape index (κ2) is 8.30. The summed E-state index contributed by atoms with van der Waals surface area (Å²) in [6.45, 7) is 3.52. The standard InChI is InChI=1S/C19H23N3O3/c1-12(13(2)20)18(23)22-17-7-5-4-6-16(17)19(24)21-14-8-10-15(25-3)11-9-14/h4-13H,20H2,1-3H3,(H,21,24)(H,22,23). The van der Waals surface area contributed by atoms with Gasteiger partial charge in [-0.25, -0.2) is 0 Å². The summed E-state index contributed by atoms with van der Waals surface area (Å²) in [6, 6.07) is 13.6. The number of para-hydroxylation sites is 1. The molecule has 6 heteroatoms. The first-order chi connectivity index (χ1) is 11.9. The van der Waals surface area contributed by atoms with Gasteiger partial charge in [0, 0.05) is 11.7 Å². The summed E-state index contributed by atoms with van der Waals surface area (Å²) in [5, 5.41) is 5.58. The van der Waals surface area contributed by atoms with Crippen LogP contribution in [0.4, 0.5) is 11.4 Å². The Bertz CT molecular complexity index is 742. The number of ether oxygens (including phenoxy) is 1. The number of carbonyl (C=O) groups is 2. The fourth-order valence-electron chi connectivity index (χ4n) is 2.15. The summed E-state index contributed by atoms with van der Waals surface area (Å²) >= 11 is 0. The molecule has 132 valence electrons. The summed E-state index contributed by atoms with van der Waals surface area (Å²) in [4.78, 5) is 24.8. The van der Waals surface area contributed by atoms with Gasteiger partial charge in [0.2, 0.25) is 5.91 Å². The van der Waals surface area contributed by atoms with Gasteiger partial charge >= 0.3 is 0 Å². The summed E-state index contributed by atoms with van der Waals surface area (Å²) in [6.07, 6.45) is 0. The van der Waals surface area contributed by atoms with E-state index < -0.39 is 0 Å². The van der Waals surface area contributed by atoms with Gasteiger partial charge in [0.1, 0.15) is 5.75 Å². The van der Waals surface area contributed by atoms with Crippen LogP contribution in [0.5, 0.6) is 5.75 Å². The molecule has 4 N–H and O–H groups in total. The van der Waals surface area contributed by atoms with E-state index in [2.05, 4.69) is 10.6 Å². The summed E-state index contributed by atoms with van der Waals surface area (Å²) in [7, 11) is 1.58. The smallest absolute Gasteiger partial charge is 0.257 e. The third kappa shape index (κ3) is 4.81. The van der Waals surface area contributed by atoms with E-state index in [1.165, 1.54) is 0 Å². The Kier molecular flexibility index (Phi) is 6.14. The average molecular weight is 341 g/mol. The lowest BCUT2D eigenvalue weighted by molar-refractivity contribution is -0.119. The molecule has 2 aromatic carbocycles. The minimum atomic E-state index is -0.363. The van der Waals surface area contributed by atoms with Crippen LogP contribution < -0.4 is 21.1 Å². The zero-order valence-electron chi connectivity index (χ0n) is 14.6. The first kappa shape index (κ1) is 18.5. The van der Waals surface area contributed by atoms with E-state index in [1.807, 2.05) is 0 Å². The van der Waals surface area contributed by atoms with Crippen molar-refractivity contribution < 1.29 is 14.3 Å². The second-order valence-electron chi connectivity index (χ2n) is 5.87. The van der Waals surface area contributed by atoms with Crippen LogP contribution in [0, 0.1) is 5.92 Å². The van der Waals surface area contributed by atoms with Crippen molar-refractivity contribution in [2.45, 2.75) is 19.9 Å². The number of benzene rings is 2. The van der Waals surface area contributed by atoms with Gasteiger partial charge in [-0.15, -0.1) is 0 Å². The minimum absolute atomic E-state index is 0.223. The van der Waals surface area contributed by atoms with E-state index in [4.69, 9.17) is 10.5 Å². The van der Waals surface area contributed by atoms with E-state index in [0.29, 0.717) is 22.7 Å². The van der Waals surface area contributed by atoms with Crippen LogP contribution >= 0.6 is 0 Å². The van der Waals surface area contributed by atoms with Crippen molar-refractivity contribution in [3.63, 3.8) is 0 Å². The maximum absolute atomic E-state index is 12.6. The van der Waals surface area contributed by atoms with E-state index >= 15 is 0 Å². The van der Waals surface area contributed by atoms with E-state index in [0.717, 1.165) is 0 Å². The van der Waals surface area contributed by atoms with Gasteiger partial charge < -0.3 is 21.1 Å². The van der Waals surface area contributed by atoms with Crippen LogP contribution in [0.1, 0.15) is 24.2 Å². The SMILES string of the molecule is COc1ccc(NC(=O)c2ccccc2NC(=O)C(C)C(C)N)cc1. The van der Waals surface area contributed by atoms with Crippen molar-refractivity contribution in [2.24, 2.45) is 11.7 Å². The Morgan fingerprint density at radius 3 is 2.24 bits per heavy atom. The molecule has 0 aliphatic carbocycles. The third-order valence-electron chi connectivity index (χ3n) is 3.98. The number of nitrogens with two attached hydrogens (primary N) is 1. The van der Waals surface area contributed by atoms with E-state index in [-0.39, 0.29) is 23.8 Å². The third-order valence-corrected chi connectivity index (χ3v) is 3.98. The fourth-order valence-corrected chi connectivity index (χ4v) is 2.15. The molecule has 6 nitrogen and oxygen atoms in total. The number of carbonyl (C=O) groups excluding carboxylic acids is 2. The van der Waals surface area contributed by atoms with Gasteiger partial charge in [-0.1, -0.05) is 19.1 Å². The molecule has 0 fully saturated rings. The van der Waals surface area contributed by atoms with Gasteiger partial charge in [0.25, 0.3) is 5.91 Å². The molecule has 2 atom stereocenters. The van der Waals surface area contributed by atoms with Crippen molar-refractivity contribution in [3.05, 3.63) is 54.1 Å². The van der Waals surface area contributed by atoms with Gasteiger partial charge in [0.05, 0.1) is 24.3 Å². The fraction of sp³-hybridized carbons (Fsp3) is 0.263. The normalized spacial score (nSPS) is 12.8. The maximum Gasteiger partial charge on any atom is 0.257 e. The number of anilines is 2. The first-order valence-electron chi connectivity index (χ1n) is 8.03. The Hall–Kier alpha value is -2.86. The summed E-state index contributed by atoms with van der Waals surface area (Å²) in [5.74, 6) is -0.192. The number of hydrogen-bond acceptors (Lipinski definition) is 4. The van der Waals surface area contributed by atoms with Gasteiger partial charge in [-0.2, -0.15) is 0 Å². The zero-order valence-corrected chi connectivity index (χ0v) is 14.6. The molecule has 2 amide bonds. The van der Waals surface area contributed by atoms with Crippen LogP contribution in [0.2, 0.25) is 0 Å². The Balaban J connectivity index is 2.15. The maximum atomic E-state index is 12.6. The molecule has 0 aliphatic heterocycles. The van der Waals surface area contributed by atoms with Crippen molar-refractivity contribution in [1.29, 1.82) is 0 Å². The molecule has 0 radical (unpaired) electrons. The molecule has 2 aromatic rings. The topological polar surface area (TPSA) is 93.5 Å². The lowest BCUT2D eigenvalue weighted by Crippen LogP contribution is -2.34. The minimum Gasteiger partial charge on any atom is -0.497 e. The highest BCUT2D eigenvalue weighted by atomic mass is 16.5. The highest BCUT2D eigenvalue weighted by molar-refractivity contribution is 6.10. The molecule has 0 aromatic heterocycles. The molecular weight excluding hydrogens is 318 g/mol. The largest absolute Gasteiger partial charge is 0.497 e. The number of amides is 2. The monoisotopic (exact) mass is 341 g/mol. The molecule has 0 saturated heterocycles. The number of nitrogens with one attached hydrogen (secondary N) is 2. The molecule has 2 unspecified atom stereocenters. The molecule has 25 heavy (non-hydrogen) atoms. The quantitative estimate of drug-likeness (QED) is 0.753. The van der Waals surface area contributed by atoms with Crippen LogP contribution in [0.3, 0.4) is 0 Å². The number of rotatable bonds is 6. The van der Waals surface area contributed by atoms with Gasteiger partial charge in [-0.05, 0) is 43.3 Å². The van der Waals surface area contributed by atoms with Crippen molar-refractivity contribution in [1.82, 2.24) is 0 Å². The van der Waals surface area contributed by atoms with Gasteiger partial charge in [-0.3, -0.25) is 9.59 Å². The van der Waals surface area contributed by atoms with Crippen LogP contribution in [-0.2, 0) is 4.79 Å². The molecule has 2 rings (SSSR count). The molecule has 0 spiro atoms. The number of hydrogen-bond donors (Lipinski definition) is 3. The second-order valence-corrected chi connectivity index (χ2v) is 5.87. The predicted octanol–water partition coefficient (Wildman–Crippen LogP) is 2.87. The molecule has 0 heterocycles. The van der Waals surface area contributed by atoms with Crippen molar-refractivity contribution >= 4 is 23.2 Å². The molecule has 0 aliphatic rings. The van der Waals surface area contributed by atoms with Gasteiger partial charge in [0.15, 0.2) is 0 Å². The highest BCUT2D eigenvalue weighted by Crippen LogP contribution is 2.20. The lowest BCUT2D eigenvalue weighted by Gasteiger charge is -2.17. The van der Waals surface area contributed by atoms with Crippen LogP contribution in [0.15, 0.2) is 48.5 Å². The average Bonchev–Trinajstić information content (AvgIpc) is 2.61. The summed E-state index contributed by atoms with van der Waals surface area (Å²) in [5.41, 5.74) is 7.23. The Morgan fingerprint density at radius 2 is 1.64 bits per heavy atom. The Morgan fingerprint density at radius 1 is 1.00 bits per heavy atom. The van der Waals surface area contributed by atoms with Crippen LogP contribution in [-0.4, -0.2) is 25.0 Å². The first-order valence-corrected chi connectivity index (χ1v) is 8.03. The molecule has 0 saturated carbocycles. The van der Waals surface area contributed by atoms with E-state index in [1.54, 1.807) is 69.5 Å². The number of methoxy groups -OCH3 is 1. The molecule has 0 bridgehead atoms. The van der Waals surface area contributed by atoms with E-state index in [9.17, 15) is 9.59 Å². The predicted molar refractivity (Wildman–Crippen MR) is 98.8 cm³/mol. The highest BCUT2D eigenvalue weighted by Gasteiger charge is 2.19. The molecular formula is C19H23N3O3. The zero-order chi connectivity index (χ0) is 18.4. The van der Waals surface area contributed by atoms with Crippen LogP contribution in [0.25, 0.3) is 0 Å². The Labute approximate surface area is 147 Å². The van der Waals surface area contributed by atoms with Crippen molar-refractivity contribution in [3.8, 4) is 5.75 Å². The lowest BCUT2D eigenvalue weighted by atomic mass is 10.0. The summed E-state index contributed by atoms with van der Waals surface area (Å²) < 4.78 is 5.09. The van der Waals surface area contributed by atoms with Crippen molar-refractivity contribution in [2.75, 3.05) is 17.7 Å².